The molecule has 154 valence electrons. The van der Waals surface area contributed by atoms with E-state index in [0.717, 1.165) is 41.8 Å². The maximum atomic E-state index is 4.53. The van der Waals surface area contributed by atoms with Crippen LogP contribution < -0.4 is 10.6 Å². The number of aromatic nitrogens is 5. The summed E-state index contributed by atoms with van der Waals surface area (Å²) in [5.41, 5.74) is 4.14. The monoisotopic (exact) mass is 402 g/mol. The van der Waals surface area contributed by atoms with E-state index in [1.807, 2.05) is 43.5 Å². The Labute approximate surface area is 176 Å². The van der Waals surface area contributed by atoms with Gasteiger partial charge < -0.3 is 15.5 Å². The molecule has 0 amide bonds. The zero-order chi connectivity index (χ0) is 20.9. The molecule has 0 atom stereocenters. The Morgan fingerprint density at radius 3 is 2.47 bits per heavy atom. The molecule has 4 rings (SSSR count). The number of benzene rings is 2. The molecule has 0 aliphatic carbocycles. The van der Waals surface area contributed by atoms with E-state index < -0.39 is 0 Å². The van der Waals surface area contributed by atoms with Gasteiger partial charge in [-0.25, -0.2) is 9.97 Å². The molecule has 8 heteroatoms. The van der Waals surface area contributed by atoms with Crippen LogP contribution in [0.1, 0.15) is 12.0 Å². The van der Waals surface area contributed by atoms with Gasteiger partial charge in [-0.2, -0.15) is 10.1 Å². The molecule has 0 bridgehead atoms. The highest BCUT2D eigenvalue weighted by atomic mass is 15.3. The molecule has 8 nitrogen and oxygen atoms in total. The first-order valence-electron chi connectivity index (χ1n) is 9.97. The SMILES string of the molecule is Cc1cccc(Nc2ncnc(Nc3ccc4c(cnn4CCCN(C)C)c3)n2)c1. The summed E-state index contributed by atoms with van der Waals surface area (Å²) in [5, 5.41) is 12.1. The zero-order valence-corrected chi connectivity index (χ0v) is 17.5. The summed E-state index contributed by atoms with van der Waals surface area (Å²) < 4.78 is 2.05. The molecule has 2 heterocycles. The molecule has 0 aliphatic rings. The number of nitrogens with one attached hydrogen (secondary N) is 2. The summed E-state index contributed by atoms with van der Waals surface area (Å²) in [6, 6.07) is 14.2. The highest BCUT2D eigenvalue weighted by Crippen LogP contribution is 2.22. The minimum Gasteiger partial charge on any atom is -0.324 e. The molecule has 2 aromatic heterocycles. The smallest absolute Gasteiger partial charge is 0.232 e. The van der Waals surface area contributed by atoms with E-state index in [1.54, 1.807) is 0 Å². The predicted molar refractivity (Wildman–Crippen MR) is 120 cm³/mol. The molecule has 0 saturated heterocycles. The second kappa shape index (κ2) is 8.87. The second-order valence-electron chi connectivity index (χ2n) is 7.55. The first kappa shape index (κ1) is 19.8. The molecule has 0 unspecified atom stereocenters. The third-order valence-corrected chi connectivity index (χ3v) is 4.72. The van der Waals surface area contributed by atoms with Crippen LogP contribution >= 0.6 is 0 Å². The molecule has 2 aromatic carbocycles. The van der Waals surface area contributed by atoms with Gasteiger partial charge in [0.15, 0.2) is 0 Å². The molecule has 0 saturated carbocycles. The van der Waals surface area contributed by atoms with Gasteiger partial charge in [-0.3, -0.25) is 4.68 Å². The van der Waals surface area contributed by atoms with Crippen LogP contribution in [0.3, 0.4) is 0 Å². The van der Waals surface area contributed by atoms with Crippen molar-refractivity contribution in [3.63, 3.8) is 0 Å². The zero-order valence-electron chi connectivity index (χ0n) is 17.5. The largest absolute Gasteiger partial charge is 0.324 e. The fourth-order valence-corrected chi connectivity index (χ4v) is 3.28. The lowest BCUT2D eigenvalue weighted by Crippen LogP contribution is -2.15. The van der Waals surface area contributed by atoms with E-state index in [0.29, 0.717) is 11.9 Å². The molecule has 0 spiro atoms. The van der Waals surface area contributed by atoms with Crippen LogP contribution in [0.5, 0.6) is 0 Å². The van der Waals surface area contributed by atoms with Gasteiger partial charge in [-0.05, 0) is 69.9 Å². The number of nitrogens with zero attached hydrogens (tertiary/aromatic N) is 6. The fraction of sp³-hybridized carbons (Fsp3) is 0.273. The summed E-state index contributed by atoms with van der Waals surface area (Å²) >= 11 is 0. The van der Waals surface area contributed by atoms with Crippen LogP contribution in [-0.4, -0.2) is 50.3 Å². The molecule has 0 fully saturated rings. The lowest BCUT2D eigenvalue weighted by atomic mass is 10.2. The summed E-state index contributed by atoms with van der Waals surface area (Å²) in [6.07, 6.45) is 4.45. The fourth-order valence-electron chi connectivity index (χ4n) is 3.28. The highest BCUT2D eigenvalue weighted by Gasteiger charge is 2.06. The first-order chi connectivity index (χ1) is 14.6. The molecule has 4 aromatic rings. The predicted octanol–water partition coefficient (Wildman–Crippen LogP) is 3.97. The summed E-state index contributed by atoms with van der Waals surface area (Å²) in [5.74, 6) is 0.978. The van der Waals surface area contributed by atoms with E-state index in [2.05, 4.69) is 66.5 Å². The Morgan fingerprint density at radius 2 is 1.73 bits per heavy atom. The Balaban J connectivity index is 1.46. The molecule has 0 radical (unpaired) electrons. The number of hydrogen-bond donors (Lipinski definition) is 2. The number of anilines is 4. The highest BCUT2D eigenvalue weighted by molar-refractivity contribution is 5.83. The Bertz CT molecular complexity index is 1130. The summed E-state index contributed by atoms with van der Waals surface area (Å²) in [4.78, 5) is 15.1. The van der Waals surface area contributed by atoms with Gasteiger partial charge in [0.2, 0.25) is 11.9 Å². The Kier molecular flexibility index (Phi) is 5.85. The molecular formula is C22H26N8. The number of hydrogen-bond acceptors (Lipinski definition) is 7. The van der Waals surface area contributed by atoms with Crippen molar-refractivity contribution >= 4 is 34.2 Å². The normalized spacial score (nSPS) is 11.2. The maximum Gasteiger partial charge on any atom is 0.232 e. The van der Waals surface area contributed by atoms with Crippen molar-refractivity contribution in [3.8, 4) is 0 Å². The van der Waals surface area contributed by atoms with Crippen molar-refractivity contribution in [2.24, 2.45) is 0 Å². The molecule has 0 aliphatic heterocycles. The lowest BCUT2D eigenvalue weighted by molar-refractivity contribution is 0.382. The van der Waals surface area contributed by atoms with E-state index in [1.165, 1.54) is 11.9 Å². The van der Waals surface area contributed by atoms with Gasteiger partial charge in [0.25, 0.3) is 0 Å². The minimum absolute atomic E-state index is 0.484. The van der Waals surface area contributed by atoms with E-state index >= 15 is 0 Å². The molecule has 2 N–H and O–H groups in total. The van der Waals surface area contributed by atoms with Gasteiger partial charge in [-0.1, -0.05) is 12.1 Å². The third kappa shape index (κ3) is 4.90. The average Bonchev–Trinajstić information content (AvgIpc) is 3.10. The van der Waals surface area contributed by atoms with Crippen LogP contribution in [0.4, 0.5) is 23.3 Å². The van der Waals surface area contributed by atoms with Crippen LogP contribution in [-0.2, 0) is 6.54 Å². The van der Waals surface area contributed by atoms with Gasteiger partial charge in [0.05, 0.1) is 11.7 Å². The van der Waals surface area contributed by atoms with Crippen LogP contribution in [0.25, 0.3) is 10.9 Å². The van der Waals surface area contributed by atoms with Gasteiger partial charge in [0.1, 0.15) is 6.33 Å². The second-order valence-corrected chi connectivity index (χ2v) is 7.55. The van der Waals surface area contributed by atoms with E-state index in [-0.39, 0.29) is 0 Å². The topological polar surface area (TPSA) is 83.8 Å². The molecule has 30 heavy (non-hydrogen) atoms. The first-order valence-corrected chi connectivity index (χ1v) is 9.97. The maximum absolute atomic E-state index is 4.53. The molecular weight excluding hydrogens is 376 g/mol. The quantitative estimate of drug-likeness (QED) is 0.461. The van der Waals surface area contributed by atoms with Crippen LogP contribution in [0.2, 0.25) is 0 Å². The van der Waals surface area contributed by atoms with Gasteiger partial charge in [0, 0.05) is 23.3 Å². The van der Waals surface area contributed by atoms with Crippen LogP contribution in [0, 0.1) is 6.92 Å². The van der Waals surface area contributed by atoms with Gasteiger partial charge in [-0.15, -0.1) is 0 Å². The van der Waals surface area contributed by atoms with Crippen LogP contribution in [0.15, 0.2) is 55.0 Å². The number of fused-ring (bicyclic) bond motifs is 1. The number of aryl methyl sites for hydroxylation is 2. The van der Waals surface area contributed by atoms with Crippen molar-refractivity contribution in [1.29, 1.82) is 0 Å². The van der Waals surface area contributed by atoms with Crippen molar-refractivity contribution in [2.75, 3.05) is 31.3 Å². The minimum atomic E-state index is 0.484. The average molecular weight is 403 g/mol. The Morgan fingerprint density at radius 1 is 0.967 bits per heavy atom. The summed E-state index contributed by atoms with van der Waals surface area (Å²) in [7, 11) is 4.17. The number of rotatable bonds is 8. The lowest BCUT2D eigenvalue weighted by Gasteiger charge is -2.10. The van der Waals surface area contributed by atoms with Crippen molar-refractivity contribution in [2.45, 2.75) is 19.9 Å². The van der Waals surface area contributed by atoms with Crippen molar-refractivity contribution in [1.82, 2.24) is 29.6 Å². The summed E-state index contributed by atoms with van der Waals surface area (Å²) in [6.45, 7) is 3.99. The Hall–Kier alpha value is -3.52. The van der Waals surface area contributed by atoms with Crippen molar-refractivity contribution < 1.29 is 0 Å². The van der Waals surface area contributed by atoms with E-state index in [9.17, 15) is 0 Å². The van der Waals surface area contributed by atoms with Crippen molar-refractivity contribution in [3.05, 3.63) is 60.6 Å². The van der Waals surface area contributed by atoms with E-state index in [4.69, 9.17) is 0 Å². The van der Waals surface area contributed by atoms with Gasteiger partial charge >= 0.3 is 0 Å². The third-order valence-electron chi connectivity index (χ3n) is 4.72. The standard InChI is InChI=1S/C22H26N8/c1-16-6-4-7-18(12-16)26-21-23-15-24-22(28-21)27-19-8-9-20-17(13-19)14-25-30(20)11-5-10-29(2)3/h4,6-9,12-15H,5,10-11H2,1-3H3,(H2,23,24,26,27,28).